The van der Waals surface area contributed by atoms with Crippen LogP contribution in [0.1, 0.15) is 24.8 Å². The Hall–Kier alpha value is -1.35. The van der Waals surface area contributed by atoms with Crippen LogP contribution in [0.15, 0.2) is 30.3 Å². The van der Waals surface area contributed by atoms with Crippen molar-refractivity contribution in [3.8, 4) is 0 Å². The minimum Gasteiger partial charge on any atom is -0.457 e. The maximum Gasteiger partial charge on any atom is 0.376 e. The van der Waals surface area contributed by atoms with Crippen molar-refractivity contribution >= 4 is 23.4 Å². The van der Waals surface area contributed by atoms with Gasteiger partial charge < -0.3 is 4.74 Å². The van der Waals surface area contributed by atoms with E-state index in [1.54, 1.807) is 38.1 Å². The highest BCUT2D eigenvalue weighted by Crippen LogP contribution is 2.21. The molecule has 1 aromatic carbocycles. The number of halogens is 1. The second-order valence-corrected chi connectivity index (χ2v) is 4.03. The number of carbonyl (C=O) groups is 2. The van der Waals surface area contributed by atoms with E-state index < -0.39 is 17.1 Å². The van der Waals surface area contributed by atoms with E-state index in [1.165, 1.54) is 0 Å². The summed E-state index contributed by atoms with van der Waals surface area (Å²) in [6.07, 6.45) is -0.323. The Balaban J connectivity index is 2.72. The number of ether oxygens (including phenoxy) is 1. The van der Waals surface area contributed by atoms with Gasteiger partial charge in [-0.3, -0.25) is 4.79 Å². The van der Waals surface area contributed by atoms with E-state index in [1.807, 2.05) is 6.07 Å². The first-order valence-corrected chi connectivity index (χ1v) is 5.40. The quantitative estimate of drug-likeness (QED) is 0.461. The van der Waals surface area contributed by atoms with E-state index in [9.17, 15) is 9.59 Å². The fourth-order valence-corrected chi connectivity index (χ4v) is 1.38. The molecule has 4 heteroatoms. The molecule has 0 N–H and O–H groups in total. The average molecular weight is 241 g/mol. The number of esters is 1. The number of hydrogen-bond donors (Lipinski definition) is 0. The molecule has 0 aliphatic carbocycles. The van der Waals surface area contributed by atoms with Gasteiger partial charge in [-0.15, -0.1) is 11.6 Å². The van der Waals surface area contributed by atoms with Crippen molar-refractivity contribution < 1.29 is 14.3 Å². The summed E-state index contributed by atoms with van der Waals surface area (Å²) in [5.41, 5.74) is 0.592. The predicted molar refractivity (Wildman–Crippen MR) is 61.3 cm³/mol. The summed E-state index contributed by atoms with van der Waals surface area (Å²) in [6, 6.07) is 8.71. The van der Waals surface area contributed by atoms with Crippen molar-refractivity contribution in [3.63, 3.8) is 0 Å². The summed E-state index contributed by atoms with van der Waals surface area (Å²) in [5.74, 6) is -1.62. The third kappa shape index (κ3) is 3.35. The number of ketones is 1. The van der Waals surface area contributed by atoms with Crippen molar-refractivity contribution in [1.29, 1.82) is 0 Å². The van der Waals surface area contributed by atoms with Gasteiger partial charge in [0.2, 0.25) is 0 Å². The van der Waals surface area contributed by atoms with Crippen LogP contribution >= 0.6 is 11.6 Å². The number of carbonyl (C=O) groups excluding carboxylic acids is 2. The zero-order valence-corrected chi connectivity index (χ0v) is 9.90. The summed E-state index contributed by atoms with van der Waals surface area (Å²) in [7, 11) is 0. The van der Waals surface area contributed by atoms with Crippen LogP contribution in [0.4, 0.5) is 0 Å². The van der Waals surface area contributed by atoms with Gasteiger partial charge in [-0.05, 0) is 19.4 Å². The summed E-state index contributed by atoms with van der Waals surface area (Å²) in [6.45, 7) is 3.36. The van der Waals surface area contributed by atoms with Crippen LogP contribution in [0.2, 0.25) is 0 Å². The van der Waals surface area contributed by atoms with E-state index in [0.717, 1.165) is 0 Å². The highest BCUT2D eigenvalue weighted by atomic mass is 35.5. The third-order valence-electron chi connectivity index (χ3n) is 1.87. The van der Waals surface area contributed by atoms with Crippen molar-refractivity contribution in [3.05, 3.63) is 35.9 Å². The first-order chi connectivity index (χ1) is 7.52. The molecule has 0 spiro atoms. The van der Waals surface area contributed by atoms with Crippen molar-refractivity contribution in [2.24, 2.45) is 0 Å². The molecular formula is C12H13ClO3. The fourth-order valence-electron chi connectivity index (χ4n) is 1.15. The molecular weight excluding hydrogens is 228 g/mol. The standard InChI is InChI=1S/C12H13ClO3/c1-8(2)16-12(15)11(14)10(13)9-6-4-3-5-7-9/h3-8,10H,1-2H3. The number of Topliss-reactive ketones (excluding diaryl/α,β-unsaturated/α-hetero) is 1. The van der Waals surface area contributed by atoms with Gasteiger partial charge >= 0.3 is 5.97 Å². The van der Waals surface area contributed by atoms with Crippen LogP contribution in [0.25, 0.3) is 0 Å². The second kappa shape index (κ2) is 5.66. The van der Waals surface area contributed by atoms with Gasteiger partial charge in [-0.25, -0.2) is 4.79 Å². The second-order valence-electron chi connectivity index (χ2n) is 3.59. The lowest BCUT2D eigenvalue weighted by atomic mass is 10.1. The lowest BCUT2D eigenvalue weighted by molar-refractivity contribution is -0.156. The van der Waals surface area contributed by atoms with Gasteiger partial charge in [0.05, 0.1) is 6.10 Å². The Kier molecular flexibility index (Phi) is 4.50. The minimum absolute atomic E-state index is 0.323. The average Bonchev–Trinajstić information content (AvgIpc) is 2.27. The van der Waals surface area contributed by atoms with Gasteiger partial charge in [0.25, 0.3) is 5.78 Å². The first-order valence-electron chi connectivity index (χ1n) is 4.96. The Labute approximate surface area is 99.4 Å². The van der Waals surface area contributed by atoms with Gasteiger partial charge in [0.15, 0.2) is 0 Å². The molecule has 0 fully saturated rings. The van der Waals surface area contributed by atoms with Crippen LogP contribution in [-0.2, 0) is 14.3 Å². The molecule has 0 amide bonds. The monoisotopic (exact) mass is 240 g/mol. The molecule has 0 radical (unpaired) electrons. The molecule has 0 saturated heterocycles. The molecule has 0 bridgehead atoms. The Bertz CT molecular complexity index is 373. The summed E-state index contributed by atoms with van der Waals surface area (Å²) in [5, 5.41) is -0.979. The lowest BCUT2D eigenvalue weighted by Gasteiger charge is -2.10. The first kappa shape index (κ1) is 12.7. The molecule has 86 valence electrons. The maximum absolute atomic E-state index is 11.6. The van der Waals surface area contributed by atoms with Crippen LogP contribution in [0.3, 0.4) is 0 Å². The Morgan fingerprint density at radius 3 is 2.25 bits per heavy atom. The molecule has 1 atom stereocenters. The maximum atomic E-state index is 11.6. The fraction of sp³-hybridized carbons (Fsp3) is 0.333. The van der Waals surface area contributed by atoms with Gasteiger partial charge in [0.1, 0.15) is 5.38 Å². The number of hydrogen-bond acceptors (Lipinski definition) is 3. The van der Waals surface area contributed by atoms with Crippen LogP contribution in [-0.4, -0.2) is 17.9 Å². The molecule has 0 aliphatic rings. The van der Waals surface area contributed by atoms with E-state index in [4.69, 9.17) is 16.3 Å². The molecule has 0 aliphatic heterocycles. The molecule has 0 aromatic heterocycles. The summed E-state index contributed by atoms with van der Waals surface area (Å²) >= 11 is 5.88. The largest absolute Gasteiger partial charge is 0.457 e. The third-order valence-corrected chi connectivity index (χ3v) is 2.32. The van der Waals surface area contributed by atoms with E-state index >= 15 is 0 Å². The van der Waals surface area contributed by atoms with Gasteiger partial charge in [-0.2, -0.15) is 0 Å². The lowest BCUT2D eigenvalue weighted by Crippen LogP contribution is -2.24. The molecule has 0 heterocycles. The number of alkyl halides is 1. The van der Waals surface area contributed by atoms with Crippen molar-refractivity contribution in [1.82, 2.24) is 0 Å². The number of benzene rings is 1. The zero-order valence-electron chi connectivity index (χ0n) is 9.14. The number of rotatable bonds is 4. The molecule has 1 unspecified atom stereocenters. The highest BCUT2D eigenvalue weighted by Gasteiger charge is 2.26. The minimum atomic E-state index is -0.979. The SMILES string of the molecule is CC(C)OC(=O)C(=O)C(Cl)c1ccccc1. The van der Waals surface area contributed by atoms with Crippen molar-refractivity contribution in [2.75, 3.05) is 0 Å². The van der Waals surface area contributed by atoms with Crippen LogP contribution in [0.5, 0.6) is 0 Å². The molecule has 1 rings (SSSR count). The van der Waals surface area contributed by atoms with E-state index in [2.05, 4.69) is 0 Å². The predicted octanol–water partition coefficient (Wildman–Crippen LogP) is 2.49. The molecule has 1 aromatic rings. The highest BCUT2D eigenvalue weighted by molar-refractivity contribution is 6.47. The molecule has 0 saturated carbocycles. The molecule has 16 heavy (non-hydrogen) atoms. The summed E-state index contributed by atoms with van der Waals surface area (Å²) < 4.78 is 4.78. The van der Waals surface area contributed by atoms with E-state index in [-0.39, 0.29) is 6.10 Å². The van der Waals surface area contributed by atoms with Gasteiger partial charge in [0, 0.05) is 0 Å². The summed E-state index contributed by atoms with van der Waals surface area (Å²) in [4.78, 5) is 22.9. The van der Waals surface area contributed by atoms with Gasteiger partial charge in [-0.1, -0.05) is 30.3 Å². The Morgan fingerprint density at radius 2 is 1.75 bits per heavy atom. The van der Waals surface area contributed by atoms with Crippen LogP contribution in [0, 0.1) is 0 Å². The topological polar surface area (TPSA) is 43.4 Å². The smallest absolute Gasteiger partial charge is 0.376 e. The molecule has 3 nitrogen and oxygen atoms in total. The zero-order chi connectivity index (χ0) is 12.1. The van der Waals surface area contributed by atoms with Crippen LogP contribution < -0.4 is 0 Å². The van der Waals surface area contributed by atoms with Crippen molar-refractivity contribution in [2.45, 2.75) is 25.3 Å². The Morgan fingerprint density at radius 1 is 1.19 bits per heavy atom. The van der Waals surface area contributed by atoms with E-state index in [0.29, 0.717) is 5.56 Å². The normalized spacial score (nSPS) is 12.2.